The number of hydrogen-bond donors (Lipinski definition) is 2. The van der Waals surface area contributed by atoms with E-state index in [4.69, 9.17) is 11.6 Å². The summed E-state index contributed by atoms with van der Waals surface area (Å²) in [5.74, 6) is -0.994. The van der Waals surface area contributed by atoms with Gasteiger partial charge < -0.3 is 21.0 Å². The highest BCUT2D eigenvalue weighted by Crippen LogP contribution is 2.13. The highest BCUT2D eigenvalue weighted by atomic mass is 35.5. The second-order valence-corrected chi connectivity index (χ2v) is 5.05. The van der Waals surface area contributed by atoms with E-state index < -0.39 is 12.0 Å². The lowest BCUT2D eigenvalue weighted by Gasteiger charge is -2.09. The fourth-order valence-electron chi connectivity index (χ4n) is 1.09. The summed E-state index contributed by atoms with van der Waals surface area (Å²) >= 11 is 6.91. The zero-order valence-electron chi connectivity index (χ0n) is 9.52. The van der Waals surface area contributed by atoms with Gasteiger partial charge in [-0.1, -0.05) is 11.6 Å². The third-order valence-electron chi connectivity index (χ3n) is 2.01. The predicted octanol–water partition coefficient (Wildman–Crippen LogP) is -0.628. The molecule has 0 aromatic heterocycles. The first-order valence-corrected chi connectivity index (χ1v) is 6.69. The number of thioether (sulfide) groups is 1. The first-order valence-electron chi connectivity index (χ1n) is 5.16. The predicted molar refractivity (Wildman–Crippen MR) is 69.1 cm³/mol. The molecule has 0 spiro atoms. The van der Waals surface area contributed by atoms with E-state index >= 15 is 0 Å². The molecule has 1 amide bonds. The summed E-state index contributed by atoms with van der Waals surface area (Å²) in [5.41, 5.74) is 4.05. The van der Waals surface area contributed by atoms with Gasteiger partial charge in [-0.3, -0.25) is 4.79 Å². The number of carbonyl (C=O) groups is 2. The Bertz CT molecular complexity index is 425. The number of hydrogen-bond acceptors (Lipinski definition) is 4. The Hall–Kier alpha value is -1.24. The molecule has 1 atom stereocenters. The molecule has 0 fully saturated rings. The van der Waals surface area contributed by atoms with Crippen molar-refractivity contribution in [3.05, 3.63) is 29.3 Å². The van der Waals surface area contributed by atoms with E-state index in [-0.39, 0.29) is 17.4 Å². The van der Waals surface area contributed by atoms with Gasteiger partial charge in [0.2, 0.25) is 5.91 Å². The molecular formula is C11H13ClN2O3S. The number of aliphatic carboxylic acids is 1. The minimum absolute atomic E-state index is 0.169. The summed E-state index contributed by atoms with van der Waals surface area (Å²) in [6, 6.07) is 5.92. The van der Waals surface area contributed by atoms with E-state index in [2.05, 4.69) is 11.1 Å². The molecule has 7 heteroatoms. The molecule has 0 heterocycles. The van der Waals surface area contributed by atoms with Crippen molar-refractivity contribution >= 4 is 40.9 Å². The van der Waals surface area contributed by atoms with Gasteiger partial charge in [0.05, 0.1) is 17.5 Å². The van der Waals surface area contributed by atoms with Gasteiger partial charge in [0, 0.05) is 10.7 Å². The summed E-state index contributed by atoms with van der Waals surface area (Å²) in [7, 11) is 0. The average molecular weight is 289 g/mol. The molecule has 0 saturated carbocycles. The summed E-state index contributed by atoms with van der Waals surface area (Å²) < 4.78 is 0. The van der Waals surface area contributed by atoms with Gasteiger partial charge in [-0.2, -0.15) is 0 Å². The Labute approximate surface area is 114 Å². The molecule has 4 N–H and O–H groups in total. The van der Waals surface area contributed by atoms with Crippen molar-refractivity contribution < 1.29 is 20.4 Å². The highest BCUT2D eigenvalue weighted by molar-refractivity contribution is 8.00. The van der Waals surface area contributed by atoms with Crippen LogP contribution in [0, 0.1) is 0 Å². The molecule has 0 bridgehead atoms. The minimum atomic E-state index is -1.21. The van der Waals surface area contributed by atoms with Crippen LogP contribution in [-0.4, -0.2) is 29.4 Å². The number of anilines is 1. The maximum atomic E-state index is 11.5. The van der Waals surface area contributed by atoms with Gasteiger partial charge in [0.1, 0.15) is 6.04 Å². The number of carboxylic acids is 1. The fraction of sp³-hybridized carbons (Fsp3) is 0.273. The van der Waals surface area contributed by atoms with Gasteiger partial charge in [-0.15, -0.1) is 11.8 Å². The van der Waals surface area contributed by atoms with Crippen molar-refractivity contribution in [1.82, 2.24) is 0 Å². The number of halogens is 1. The minimum Gasteiger partial charge on any atom is -0.544 e. The molecular weight excluding hydrogens is 276 g/mol. The molecule has 1 rings (SSSR count). The van der Waals surface area contributed by atoms with E-state index in [0.717, 1.165) is 0 Å². The Morgan fingerprint density at radius 2 is 2.00 bits per heavy atom. The van der Waals surface area contributed by atoms with Crippen molar-refractivity contribution in [3.63, 3.8) is 0 Å². The topological polar surface area (TPSA) is 96.9 Å². The normalized spacial score (nSPS) is 11.9. The first-order chi connectivity index (χ1) is 8.49. The van der Waals surface area contributed by atoms with Crippen LogP contribution in [0.25, 0.3) is 0 Å². The lowest BCUT2D eigenvalue weighted by atomic mass is 10.3. The lowest BCUT2D eigenvalue weighted by Crippen LogP contribution is -2.69. The molecule has 0 unspecified atom stereocenters. The van der Waals surface area contributed by atoms with Crippen LogP contribution in [0.4, 0.5) is 5.69 Å². The molecule has 98 valence electrons. The number of quaternary nitrogens is 1. The van der Waals surface area contributed by atoms with Crippen LogP contribution >= 0.6 is 23.4 Å². The monoisotopic (exact) mass is 288 g/mol. The van der Waals surface area contributed by atoms with Crippen LogP contribution in [0.3, 0.4) is 0 Å². The van der Waals surface area contributed by atoms with Gasteiger partial charge in [-0.25, -0.2) is 0 Å². The van der Waals surface area contributed by atoms with E-state index in [0.29, 0.717) is 10.7 Å². The maximum absolute atomic E-state index is 11.5. The second-order valence-electron chi connectivity index (χ2n) is 3.59. The molecule has 1 aromatic carbocycles. The van der Waals surface area contributed by atoms with Crippen molar-refractivity contribution in [2.24, 2.45) is 0 Å². The SMILES string of the molecule is [NH3+][C@@H](CSCC(=O)Nc1ccc(Cl)cc1)C(=O)[O-]. The molecule has 0 aliphatic heterocycles. The maximum Gasteiger partial charge on any atom is 0.234 e. The van der Waals surface area contributed by atoms with E-state index in [1.807, 2.05) is 0 Å². The Morgan fingerprint density at radius 3 is 2.56 bits per heavy atom. The summed E-state index contributed by atoms with van der Waals surface area (Å²) in [6.45, 7) is 0. The molecule has 0 aliphatic rings. The Morgan fingerprint density at radius 1 is 1.39 bits per heavy atom. The van der Waals surface area contributed by atoms with E-state index in [1.54, 1.807) is 24.3 Å². The standard InChI is InChI=1S/C11H13ClN2O3S/c12-7-1-3-8(4-2-7)14-10(15)6-18-5-9(13)11(16)17/h1-4,9H,5-6,13H2,(H,14,15)(H,16,17)/t9-/m0/s1. The summed E-state index contributed by atoms with van der Waals surface area (Å²) in [5, 5.41) is 13.7. The number of carbonyl (C=O) groups excluding carboxylic acids is 2. The van der Waals surface area contributed by atoms with Gasteiger partial charge in [-0.05, 0) is 24.3 Å². The average Bonchev–Trinajstić information content (AvgIpc) is 2.32. The number of nitrogens with one attached hydrogen (secondary N) is 1. The van der Waals surface area contributed by atoms with Crippen molar-refractivity contribution in [1.29, 1.82) is 0 Å². The third-order valence-corrected chi connectivity index (χ3v) is 3.37. The highest BCUT2D eigenvalue weighted by Gasteiger charge is 2.09. The smallest absolute Gasteiger partial charge is 0.234 e. The van der Waals surface area contributed by atoms with Crippen LogP contribution in [0.5, 0.6) is 0 Å². The van der Waals surface area contributed by atoms with Crippen LogP contribution in [0.15, 0.2) is 24.3 Å². The first kappa shape index (κ1) is 14.8. The molecule has 5 nitrogen and oxygen atoms in total. The quantitative estimate of drug-likeness (QED) is 0.728. The zero-order chi connectivity index (χ0) is 13.5. The van der Waals surface area contributed by atoms with Gasteiger partial charge >= 0.3 is 0 Å². The molecule has 18 heavy (non-hydrogen) atoms. The summed E-state index contributed by atoms with van der Waals surface area (Å²) in [4.78, 5) is 21.9. The van der Waals surface area contributed by atoms with Crippen molar-refractivity contribution in [2.75, 3.05) is 16.8 Å². The molecule has 0 saturated heterocycles. The molecule has 0 radical (unpaired) electrons. The van der Waals surface area contributed by atoms with Crippen LogP contribution < -0.4 is 16.2 Å². The largest absolute Gasteiger partial charge is 0.544 e. The summed E-state index contributed by atoms with van der Waals surface area (Å²) in [6.07, 6.45) is 0. The van der Waals surface area contributed by atoms with Crippen LogP contribution in [-0.2, 0) is 9.59 Å². The number of rotatable bonds is 6. The van der Waals surface area contributed by atoms with Crippen LogP contribution in [0.1, 0.15) is 0 Å². The van der Waals surface area contributed by atoms with E-state index in [1.165, 1.54) is 11.8 Å². The zero-order valence-corrected chi connectivity index (χ0v) is 11.1. The van der Waals surface area contributed by atoms with Gasteiger partial charge in [0.25, 0.3) is 0 Å². The second kappa shape index (κ2) is 7.25. The molecule has 0 aliphatic carbocycles. The molecule has 1 aromatic rings. The Kier molecular flexibility index (Phi) is 5.97. The number of benzene rings is 1. The van der Waals surface area contributed by atoms with Crippen molar-refractivity contribution in [2.45, 2.75) is 6.04 Å². The fourth-order valence-corrected chi connectivity index (χ4v) is 2.01. The van der Waals surface area contributed by atoms with Crippen molar-refractivity contribution in [3.8, 4) is 0 Å². The third kappa shape index (κ3) is 5.39. The van der Waals surface area contributed by atoms with Gasteiger partial charge in [0.15, 0.2) is 0 Å². The van der Waals surface area contributed by atoms with Crippen LogP contribution in [0.2, 0.25) is 5.02 Å². The lowest BCUT2D eigenvalue weighted by molar-refractivity contribution is -0.431. The Balaban J connectivity index is 2.30. The number of carboxylic acid groups (broad SMARTS) is 1. The number of amides is 1. The van der Waals surface area contributed by atoms with E-state index in [9.17, 15) is 14.7 Å².